The van der Waals surface area contributed by atoms with Gasteiger partial charge in [-0.2, -0.15) is 0 Å². The molecule has 0 aliphatic carbocycles. The van der Waals surface area contributed by atoms with Gasteiger partial charge < -0.3 is 9.47 Å². The van der Waals surface area contributed by atoms with Crippen molar-refractivity contribution in [3.8, 4) is 0 Å². The molecule has 4 rings (SSSR count). The third kappa shape index (κ3) is 3.11. The van der Waals surface area contributed by atoms with E-state index in [1.54, 1.807) is 36.4 Å². The molecule has 0 radical (unpaired) electrons. The fraction of sp³-hybridized carbons (Fsp3) is 0.333. The predicted octanol–water partition coefficient (Wildman–Crippen LogP) is 3.13. The zero-order valence-electron chi connectivity index (χ0n) is 17.1. The summed E-state index contributed by atoms with van der Waals surface area (Å²) in [6, 6.07) is 12.4. The Labute approximate surface area is 188 Å². The van der Waals surface area contributed by atoms with Crippen LogP contribution in [0.4, 0.5) is 10.5 Å². The number of hydrogen-bond acceptors (Lipinski definition) is 6. The van der Waals surface area contributed by atoms with Gasteiger partial charge in [0.15, 0.2) is 0 Å². The summed E-state index contributed by atoms with van der Waals surface area (Å²) >= 11 is 3.70. The molecule has 0 unspecified atom stereocenters. The molecule has 3 atom stereocenters. The molecular weight excluding hydrogens is 488 g/mol. The van der Waals surface area contributed by atoms with E-state index in [9.17, 15) is 18.0 Å². The molecule has 10 heteroatoms. The van der Waals surface area contributed by atoms with Crippen molar-refractivity contribution in [2.45, 2.75) is 34.8 Å². The van der Waals surface area contributed by atoms with Gasteiger partial charge in [0.1, 0.15) is 12.2 Å². The Hall–Kier alpha value is -2.59. The molecule has 1 saturated heterocycles. The summed E-state index contributed by atoms with van der Waals surface area (Å²) in [5, 5.41) is 0. The minimum absolute atomic E-state index is 0.0796. The average Bonchev–Trinajstić information content (AvgIpc) is 3.20. The number of esters is 1. The molecule has 2 aromatic carbocycles. The van der Waals surface area contributed by atoms with Crippen LogP contribution in [0.2, 0.25) is 0 Å². The van der Waals surface area contributed by atoms with Crippen molar-refractivity contribution >= 4 is 43.7 Å². The molecule has 8 nitrogen and oxygen atoms in total. The zero-order chi connectivity index (χ0) is 22.6. The van der Waals surface area contributed by atoms with Crippen LogP contribution in [0.5, 0.6) is 0 Å². The largest absolute Gasteiger partial charge is 0.467 e. The Morgan fingerprint density at radius 3 is 2.32 bits per heavy atom. The van der Waals surface area contributed by atoms with Gasteiger partial charge >= 0.3 is 12.1 Å². The smallest absolute Gasteiger partial charge is 0.411 e. The quantitative estimate of drug-likeness (QED) is 0.467. The van der Waals surface area contributed by atoms with Gasteiger partial charge in [0.25, 0.3) is 10.0 Å². The Kier molecular flexibility index (Phi) is 5.25. The predicted molar refractivity (Wildman–Crippen MR) is 116 cm³/mol. The summed E-state index contributed by atoms with van der Waals surface area (Å²) < 4.78 is 37.6. The van der Waals surface area contributed by atoms with Gasteiger partial charge in [0.2, 0.25) is 0 Å². The number of anilines is 1. The van der Waals surface area contributed by atoms with Gasteiger partial charge in [-0.1, -0.05) is 51.8 Å². The molecule has 1 fully saturated rings. The highest BCUT2D eigenvalue weighted by Gasteiger charge is 2.65. The van der Waals surface area contributed by atoms with Crippen molar-refractivity contribution in [1.82, 2.24) is 4.90 Å². The number of alkyl halides is 1. The number of hydrogen-bond donors (Lipinski definition) is 0. The van der Waals surface area contributed by atoms with Gasteiger partial charge in [-0.25, -0.2) is 22.3 Å². The van der Waals surface area contributed by atoms with E-state index >= 15 is 0 Å². The maximum Gasteiger partial charge on any atom is 0.411 e. The van der Waals surface area contributed by atoms with E-state index < -0.39 is 38.6 Å². The van der Waals surface area contributed by atoms with Gasteiger partial charge in [-0.3, -0.25) is 4.90 Å². The number of fused-ring (bicyclic) bond motifs is 3. The van der Waals surface area contributed by atoms with E-state index in [1.165, 1.54) is 30.7 Å². The first-order chi connectivity index (χ1) is 14.7. The van der Waals surface area contributed by atoms with Crippen molar-refractivity contribution in [2.24, 2.45) is 0 Å². The lowest BCUT2D eigenvalue weighted by Gasteiger charge is -2.35. The van der Waals surface area contributed by atoms with Crippen LogP contribution < -0.4 is 4.31 Å². The topological polar surface area (TPSA) is 93.2 Å². The monoisotopic (exact) mass is 508 g/mol. The Morgan fingerprint density at radius 2 is 1.71 bits per heavy atom. The van der Waals surface area contributed by atoms with Crippen LogP contribution in [-0.2, 0) is 28.6 Å². The van der Waals surface area contributed by atoms with Crippen LogP contribution in [-0.4, -0.2) is 51.8 Å². The standard InChI is InChI=1S/C21H21BrN2O6S/c1-13-8-10-14(11-9-13)31(27,28)24-16-7-5-4-6-15(16)21(22)12-17(18(25)29-2)23(19(21)24)20(26)30-3/h4-11,17,19H,12H2,1-3H3/t17-,19+,21+/m0/s1. The summed E-state index contributed by atoms with van der Waals surface area (Å²) in [7, 11) is -1.68. The lowest BCUT2D eigenvalue weighted by atomic mass is 9.96. The molecule has 2 aliphatic rings. The molecule has 1 amide bonds. The number of methoxy groups -OCH3 is 2. The second-order valence-corrected chi connectivity index (χ2v) is 10.7. The lowest BCUT2D eigenvalue weighted by molar-refractivity contribution is -0.145. The van der Waals surface area contributed by atoms with Gasteiger partial charge in [0.05, 0.1) is 29.1 Å². The average molecular weight is 509 g/mol. The van der Waals surface area contributed by atoms with Crippen LogP contribution in [0.1, 0.15) is 17.5 Å². The molecular formula is C21H21BrN2O6S. The summed E-state index contributed by atoms with van der Waals surface area (Å²) in [6.45, 7) is 1.86. The first kappa shape index (κ1) is 21.6. The van der Waals surface area contributed by atoms with Crippen LogP contribution in [0.3, 0.4) is 0 Å². The molecule has 0 N–H and O–H groups in total. The number of para-hydroxylation sites is 1. The number of sulfonamides is 1. The van der Waals surface area contributed by atoms with Crippen LogP contribution in [0.25, 0.3) is 0 Å². The van der Waals surface area contributed by atoms with E-state index in [1.807, 2.05) is 6.92 Å². The van der Waals surface area contributed by atoms with Crippen molar-refractivity contribution in [3.63, 3.8) is 0 Å². The van der Waals surface area contributed by atoms with Crippen LogP contribution >= 0.6 is 15.9 Å². The third-order valence-electron chi connectivity index (χ3n) is 5.75. The van der Waals surface area contributed by atoms with Crippen molar-refractivity contribution in [3.05, 3.63) is 59.7 Å². The number of amides is 1. The SMILES string of the molecule is COC(=O)[C@@H]1C[C@@]2(Br)c3ccccc3N(S(=O)(=O)c3ccc(C)cc3)[C@H]2N1C(=O)OC. The summed E-state index contributed by atoms with van der Waals surface area (Å²) in [5.41, 5.74) is 2.01. The molecule has 164 valence electrons. The number of benzene rings is 2. The molecule has 31 heavy (non-hydrogen) atoms. The molecule has 0 saturated carbocycles. The lowest BCUT2D eigenvalue weighted by Crippen LogP contribution is -2.55. The first-order valence-corrected chi connectivity index (χ1v) is 11.7. The molecule has 0 aromatic heterocycles. The minimum Gasteiger partial charge on any atom is -0.467 e. The number of nitrogens with zero attached hydrogens (tertiary/aromatic N) is 2. The molecule has 2 aliphatic heterocycles. The number of halogens is 1. The number of ether oxygens (including phenoxy) is 2. The van der Waals surface area contributed by atoms with Crippen LogP contribution in [0, 0.1) is 6.92 Å². The Balaban J connectivity index is 1.95. The molecule has 2 heterocycles. The fourth-order valence-electron chi connectivity index (χ4n) is 4.32. The zero-order valence-corrected chi connectivity index (χ0v) is 19.5. The number of aryl methyl sites for hydroxylation is 1. The number of carbonyl (C=O) groups excluding carboxylic acids is 2. The van der Waals surface area contributed by atoms with Gasteiger partial charge in [0, 0.05) is 6.42 Å². The molecule has 2 aromatic rings. The van der Waals surface area contributed by atoms with E-state index in [0.717, 1.165) is 10.5 Å². The first-order valence-electron chi connectivity index (χ1n) is 9.50. The third-order valence-corrected chi connectivity index (χ3v) is 8.69. The van der Waals surface area contributed by atoms with Crippen molar-refractivity contribution in [1.29, 1.82) is 0 Å². The maximum absolute atomic E-state index is 13.8. The molecule has 0 bridgehead atoms. The highest BCUT2D eigenvalue weighted by atomic mass is 79.9. The second-order valence-electron chi connectivity index (χ2n) is 7.49. The van der Waals surface area contributed by atoms with E-state index in [2.05, 4.69) is 15.9 Å². The van der Waals surface area contributed by atoms with Gasteiger partial charge in [-0.05, 0) is 30.7 Å². The maximum atomic E-state index is 13.8. The number of likely N-dealkylation sites (tertiary alicyclic amines) is 1. The highest BCUT2D eigenvalue weighted by Crippen LogP contribution is 2.59. The summed E-state index contributed by atoms with van der Waals surface area (Å²) in [4.78, 5) is 26.5. The van der Waals surface area contributed by atoms with E-state index in [0.29, 0.717) is 11.3 Å². The second kappa shape index (κ2) is 7.52. The molecule has 0 spiro atoms. The Morgan fingerprint density at radius 1 is 1.06 bits per heavy atom. The fourth-order valence-corrected chi connectivity index (χ4v) is 7.20. The van der Waals surface area contributed by atoms with Crippen LogP contribution in [0.15, 0.2) is 53.4 Å². The number of rotatable bonds is 3. The van der Waals surface area contributed by atoms with E-state index in [4.69, 9.17) is 9.47 Å². The number of carbonyl (C=O) groups is 2. The minimum atomic E-state index is -4.09. The normalized spacial score (nSPS) is 24.5. The Bertz CT molecular complexity index is 1150. The van der Waals surface area contributed by atoms with Gasteiger partial charge in [-0.15, -0.1) is 0 Å². The van der Waals surface area contributed by atoms with Crippen molar-refractivity contribution < 1.29 is 27.5 Å². The summed E-state index contributed by atoms with van der Waals surface area (Å²) in [5.74, 6) is -0.649. The van der Waals surface area contributed by atoms with E-state index in [-0.39, 0.29) is 11.3 Å². The summed E-state index contributed by atoms with van der Waals surface area (Å²) in [6.07, 6.45) is -1.76. The van der Waals surface area contributed by atoms with Crippen molar-refractivity contribution in [2.75, 3.05) is 18.5 Å². The highest BCUT2D eigenvalue weighted by molar-refractivity contribution is 9.09.